The lowest BCUT2D eigenvalue weighted by molar-refractivity contribution is 0.136. The van der Waals surface area contributed by atoms with Crippen molar-refractivity contribution >= 4 is 23.5 Å². The first kappa shape index (κ1) is 17.9. The zero-order valence-electron chi connectivity index (χ0n) is 13.5. The van der Waals surface area contributed by atoms with E-state index in [2.05, 4.69) is 24.2 Å². The highest BCUT2D eigenvalue weighted by atomic mass is 16.5. The van der Waals surface area contributed by atoms with Crippen LogP contribution in [0.5, 0.6) is 0 Å². The predicted molar refractivity (Wildman–Crippen MR) is 87.2 cm³/mol. The summed E-state index contributed by atoms with van der Waals surface area (Å²) >= 11 is 0. The maximum atomic E-state index is 11.9. The molecule has 1 unspecified atom stereocenters. The molecule has 0 saturated heterocycles. The first-order valence-corrected chi connectivity index (χ1v) is 7.73. The number of isocyanates is 1. The Labute approximate surface area is 131 Å². The van der Waals surface area contributed by atoms with Gasteiger partial charge in [-0.3, -0.25) is 5.32 Å². The number of anilines is 1. The molecule has 1 rings (SSSR count). The summed E-state index contributed by atoms with van der Waals surface area (Å²) in [5.74, 6) is 0.385. The van der Waals surface area contributed by atoms with Crippen LogP contribution in [-0.4, -0.2) is 18.8 Å². The molecule has 0 aliphatic carbocycles. The number of hydrogen-bond acceptors (Lipinski definition) is 4. The molecule has 5 heteroatoms. The third-order valence-corrected chi connectivity index (χ3v) is 3.63. The average molecular weight is 304 g/mol. The second-order valence-corrected chi connectivity index (χ2v) is 5.31. The van der Waals surface area contributed by atoms with Crippen LogP contribution >= 0.6 is 0 Å². The standard InChI is InChI=1S/C17H24N2O3/c1-4-6-9-14(5-2)11-22-17(21)19-15-10-7-8-13(3)16(15)18-12-20/h7-8,10,14H,4-6,9,11H2,1-3H3,(H,19,21). The van der Waals surface area contributed by atoms with Crippen LogP contribution < -0.4 is 5.32 Å². The molecule has 0 saturated carbocycles. The summed E-state index contributed by atoms with van der Waals surface area (Å²) < 4.78 is 5.28. The monoisotopic (exact) mass is 304 g/mol. The number of hydrogen-bond donors (Lipinski definition) is 1. The molecule has 0 aliphatic rings. The van der Waals surface area contributed by atoms with Crippen LogP contribution in [0.25, 0.3) is 0 Å². The number of ether oxygens (including phenoxy) is 1. The van der Waals surface area contributed by atoms with Crippen LogP contribution in [0.2, 0.25) is 0 Å². The number of rotatable bonds is 8. The fourth-order valence-electron chi connectivity index (χ4n) is 2.19. The van der Waals surface area contributed by atoms with Crippen molar-refractivity contribution in [2.24, 2.45) is 10.9 Å². The molecule has 0 aliphatic heterocycles. The number of para-hydroxylation sites is 1. The van der Waals surface area contributed by atoms with E-state index < -0.39 is 6.09 Å². The van der Waals surface area contributed by atoms with E-state index >= 15 is 0 Å². The maximum Gasteiger partial charge on any atom is 0.411 e. The molecule has 5 nitrogen and oxygen atoms in total. The lowest BCUT2D eigenvalue weighted by Gasteiger charge is -2.15. The first-order valence-electron chi connectivity index (χ1n) is 7.73. The van der Waals surface area contributed by atoms with Crippen molar-refractivity contribution in [2.45, 2.75) is 46.5 Å². The number of aliphatic imine (C=N–C) groups is 1. The van der Waals surface area contributed by atoms with E-state index in [0.29, 0.717) is 23.9 Å². The van der Waals surface area contributed by atoms with Gasteiger partial charge in [0.2, 0.25) is 6.08 Å². The van der Waals surface area contributed by atoms with Gasteiger partial charge in [-0.1, -0.05) is 45.2 Å². The summed E-state index contributed by atoms with van der Waals surface area (Å²) in [4.78, 5) is 26.0. The third kappa shape index (κ3) is 5.70. The Morgan fingerprint density at radius 2 is 2.18 bits per heavy atom. The van der Waals surface area contributed by atoms with Gasteiger partial charge in [0.05, 0.1) is 12.3 Å². The van der Waals surface area contributed by atoms with Crippen molar-refractivity contribution in [2.75, 3.05) is 11.9 Å². The minimum Gasteiger partial charge on any atom is -0.449 e. The van der Waals surface area contributed by atoms with E-state index in [1.165, 1.54) is 6.08 Å². The van der Waals surface area contributed by atoms with Crippen LogP contribution in [0.1, 0.15) is 45.1 Å². The minimum atomic E-state index is -0.525. The first-order chi connectivity index (χ1) is 10.6. The lowest BCUT2D eigenvalue weighted by Crippen LogP contribution is -2.18. The summed E-state index contributed by atoms with van der Waals surface area (Å²) in [6.45, 7) is 6.46. The lowest BCUT2D eigenvalue weighted by atomic mass is 10.0. The molecule has 0 radical (unpaired) electrons. The van der Waals surface area contributed by atoms with Gasteiger partial charge < -0.3 is 4.74 Å². The predicted octanol–water partition coefficient (Wildman–Crippen LogP) is 4.73. The van der Waals surface area contributed by atoms with Gasteiger partial charge in [-0.2, -0.15) is 4.99 Å². The highest BCUT2D eigenvalue weighted by Gasteiger charge is 2.12. The largest absolute Gasteiger partial charge is 0.449 e. The van der Waals surface area contributed by atoms with Crippen LogP contribution in [0.3, 0.4) is 0 Å². The molecule has 120 valence electrons. The van der Waals surface area contributed by atoms with Crippen molar-refractivity contribution in [1.29, 1.82) is 0 Å². The fourth-order valence-corrected chi connectivity index (χ4v) is 2.19. The number of unbranched alkanes of at least 4 members (excludes halogenated alkanes) is 1. The molecule has 22 heavy (non-hydrogen) atoms. The molecule has 0 spiro atoms. The molecule has 1 aromatic rings. The number of amides is 1. The quantitative estimate of drug-likeness (QED) is 0.557. The van der Waals surface area contributed by atoms with Crippen LogP contribution in [0.4, 0.5) is 16.2 Å². The smallest absolute Gasteiger partial charge is 0.411 e. The Balaban J connectivity index is 2.62. The van der Waals surface area contributed by atoms with Crippen molar-refractivity contribution in [3.63, 3.8) is 0 Å². The molecular weight excluding hydrogens is 280 g/mol. The van der Waals surface area contributed by atoms with E-state index in [0.717, 1.165) is 31.2 Å². The van der Waals surface area contributed by atoms with E-state index in [-0.39, 0.29) is 0 Å². The maximum absolute atomic E-state index is 11.9. The molecular formula is C17H24N2O3. The summed E-state index contributed by atoms with van der Waals surface area (Å²) in [5, 5.41) is 2.64. The molecule has 1 aromatic carbocycles. The molecule has 1 amide bonds. The molecule has 0 aromatic heterocycles. The SMILES string of the molecule is CCCCC(CC)COC(=O)Nc1cccc(C)c1N=C=O. The van der Waals surface area contributed by atoms with Gasteiger partial charge in [-0.15, -0.1) is 0 Å². The Morgan fingerprint density at radius 3 is 2.82 bits per heavy atom. The van der Waals surface area contributed by atoms with Crippen molar-refractivity contribution in [1.82, 2.24) is 0 Å². The summed E-state index contributed by atoms with van der Waals surface area (Å²) in [7, 11) is 0. The normalized spacial score (nSPS) is 11.4. The van der Waals surface area contributed by atoms with Gasteiger partial charge in [0.1, 0.15) is 5.69 Å². The average Bonchev–Trinajstić information content (AvgIpc) is 2.51. The molecule has 0 fully saturated rings. The topological polar surface area (TPSA) is 67.8 Å². The fraction of sp³-hybridized carbons (Fsp3) is 0.529. The van der Waals surface area contributed by atoms with Gasteiger partial charge in [0.15, 0.2) is 0 Å². The minimum absolute atomic E-state index is 0.385. The highest BCUT2D eigenvalue weighted by molar-refractivity contribution is 5.89. The molecule has 1 atom stereocenters. The third-order valence-electron chi connectivity index (χ3n) is 3.63. The van der Waals surface area contributed by atoms with Gasteiger partial charge in [0.25, 0.3) is 0 Å². The van der Waals surface area contributed by atoms with E-state index in [1.54, 1.807) is 12.1 Å². The molecule has 1 N–H and O–H groups in total. The molecule has 0 heterocycles. The van der Waals surface area contributed by atoms with Crippen LogP contribution in [0, 0.1) is 12.8 Å². The van der Waals surface area contributed by atoms with Gasteiger partial charge in [0, 0.05) is 0 Å². The highest BCUT2D eigenvalue weighted by Crippen LogP contribution is 2.28. The zero-order valence-corrected chi connectivity index (χ0v) is 13.5. The van der Waals surface area contributed by atoms with Crippen LogP contribution in [-0.2, 0) is 9.53 Å². The summed E-state index contributed by atoms with van der Waals surface area (Å²) in [6, 6.07) is 5.27. The van der Waals surface area contributed by atoms with E-state index in [1.807, 2.05) is 13.0 Å². The Kier molecular flexibility index (Phi) is 7.94. The summed E-state index contributed by atoms with van der Waals surface area (Å²) in [6.07, 6.45) is 5.30. The van der Waals surface area contributed by atoms with E-state index in [4.69, 9.17) is 4.74 Å². The number of carbonyl (C=O) groups is 1. The molecule has 0 bridgehead atoms. The van der Waals surface area contributed by atoms with Gasteiger partial charge >= 0.3 is 6.09 Å². The second-order valence-electron chi connectivity index (χ2n) is 5.31. The Bertz CT molecular complexity index is 537. The van der Waals surface area contributed by atoms with Crippen molar-refractivity contribution in [3.8, 4) is 0 Å². The number of nitrogens with one attached hydrogen (secondary N) is 1. The van der Waals surface area contributed by atoms with E-state index in [9.17, 15) is 9.59 Å². The number of benzene rings is 1. The van der Waals surface area contributed by atoms with Crippen LogP contribution in [0.15, 0.2) is 23.2 Å². The van der Waals surface area contributed by atoms with Gasteiger partial charge in [-0.25, -0.2) is 9.59 Å². The van der Waals surface area contributed by atoms with Gasteiger partial charge in [-0.05, 0) is 30.9 Å². The number of nitrogens with zero attached hydrogens (tertiary/aromatic N) is 1. The summed E-state index contributed by atoms with van der Waals surface area (Å²) in [5.41, 5.74) is 1.65. The Morgan fingerprint density at radius 1 is 1.41 bits per heavy atom. The Hall–Kier alpha value is -2.13. The second kappa shape index (κ2) is 9.74. The van der Waals surface area contributed by atoms with Crippen molar-refractivity contribution in [3.05, 3.63) is 23.8 Å². The number of carbonyl (C=O) groups excluding carboxylic acids is 2. The zero-order chi connectivity index (χ0) is 16.4. The van der Waals surface area contributed by atoms with Crippen molar-refractivity contribution < 1.29 is 14.3 Å². The number of aryl methyl sites for hydroxylation is 1.